The molecule has 6 heteroatoms. The molecule has 0 saturated carbocycles. The van der Waals surface area contributed by atoms with Gasteiger partial charge in [-0.05, 0) is 91.5 Å². The second-order valence-electron chi connectivity index (χ2n) is 20.8. The molecule has 334 valence electrons. The molecule has 8 aromatic rings. The van der Waals surface area contributed by atoms with Crippen LogP contribution >= 0.6 is 0 Å². The minimum absolute atomic E-state index is 0. The molecule has 0 aliphatic carbocycles. The normalized spacial score (nSPS) is 13.6. The van der Waals surface area contributed by atoms with E-state index in [4.69, 9.17) is 9.72 Å². The Kier molecular flexibility index (Phi) is 12.0. The van der Waals surface area contributed by atoms with Crippen molar-refractivity contribution in [1.82, 2.24) is 9.55 Å². The van der Waals surface area contributed by atoms with E-state index in [9.17, 15) is 0 Å². The average molecular weight is 1040 g/mol. The fourth-order valence-electron chi connectivity index (χ4n) is 8.66. The van der Waals surface area contributed by atoms with E-state index in [1.165, 1.54) is 38.8 Å². The quantitative estimate of drug-likeness (QED) is 0.142. The van der Waals surface area contributed by atoms with Crippen LogP contribution in [0.1, 0.15) is 98.4 Å². The zero-order chi connectivity index (χ0) is 45.2. The second kappa shape index (κ2) is 17.1. The Balaban J connectivity index is 0.00000576. The van der Waals surface area contributed by atoms with Gasteiger partial charge >= 0.3 is 0 Å². The van der Waals surface area contributed by atoms with Gasteiger partial charge in [-0.25, -0.2) is 4.98 Å². The smallest absolute Gasteiger partial charge is 0.135 e. The van der Waals surface area contributed by atoms with Crippen molar-refractivity contribution in [2.45, 2.75) is 97.8 Å². The van der Waals surface area contributed by atoms with Crippen molar-refractivity contribution < 1.29 is 25.8 Å². The number of rotatable bonds is 8. The van der Waals surface area contributed by atoms with Crippen molar-refractivity contribution in [2.24, 2.45) is 0 Å². The molecule has 65 heavy (non-hydrogen) atoms. The van der Waals surface area contributed by atoms with Crippen LogP contribution in [0, 0.1) is 18.8 Å². The maximum atomic E-state index is 6.70. The molecule has 9 rings (SSSR count). The van der Waals surface area contributed by atoms with Crippen molar-refractivity contribution in [2.75, 3.05) is 9.80 Å². The molecule has 6 aromatic carbocycles. The van der Waals surface area contributed by atoms with Gasteiger partial charge in [0.25, 0.3) is 0 Å². The van der Waals surface area contributed by atoms with Gasteiger partial charge in [0, 0.05) is 61.1 Å². The Hall–Kier alpha value is -5.90. The average Bonchev–Trinajstić information content (AvgIpc) is 3.87. The summed E-state index contributed by atoms with van der Waals surface area (Å²) in [6, 6.07) is 57.1. The van der Waals surface area contributed by atoms with E-state index in [1.807, 2.05) is 24.4 Å². The van der Waals surface area contributed by atoms with E-state index in [-0.39, 0.29) is 42.7 Å². The number of fused-ring (bicyclic) bond motifs is 3. The Bertz CT molecular complexity index is 3030. The topological polar surface area (TPSA) is 33.5 Å². The van der Waals surface area contributed by atoms with Crippen molar-refractivity contribution in [3.05, 3.63) is 199 Å². The van der Waals surface area contributed by atoms with Crippen molar-refractivity contribution in [3.8, 4) is 28.4 Å². The molecule has 1 aliphatic rings. The zero-order valence-electron chi connectivity index (χ0n) is 39.5. The molecular formula is C59H59N4OPt-3. The molecule has 3 heterocycles. The Morgan fingerprint density at radius 1 is 0.538 bits per heavy atom. The molecule has 0 fully saturated rings. The standard InChI is InChI=1S/C59H59N4O.Pt/c1-56(2,3)43-25-28-52-51(34-43)50-27-26-49(37-53(50)63(52)55-35-44(29-30-60-55)57(4,5)6)64-48-24-18-23-46(36-48)61-38-54(59(10,11)42-21-16-13-17-22-42)62(39-61)47-32-41(40-19-14-12-15-20-40)31-45(33-47)58(7,8)9;/h12-35,38-39H,1-11H3;/q-3;. The number of hydrogen-bond acceptors (Lipinski definition) is 4. The number of aromatic nitrogens is 2. The van der Waals surface area contributed by atoms with Gasteiger partial charge in [-0.3, -0.25) is 0 Å². The van der Waals surface area contributed by atoms with Gasteiger partial charge in [-0.15, -0.1) is 48.1 Å². The van der Waals surface area contributed by atoms with E-state index in [0.717, 1.165) is 39.3 Å². The number of allylic oxidation sites excluding steroid dienone is 1. The summed E-state index contributed by atoms with van der Waals surface area (Å²) in [5, 5.41) is 2.27. The van der Waals surface area contributed by atoms with E-state index < -0.39 is 0 Å². The van der Waals surface area contributed by atoms with Crippen molar-refractivity contribution in [3.63, 3.8) is 0 Å². The van der Waals surface area contributed by atoms with Gasteiger partial charge in [0.1, 0.15) is 5.82 Å². The largest absolute Gasteiger partial charge is 0.509 e. The van der Waals surface area contributed by atoms with E-state index >= 15 is 0 Å². The molecule has 0 bridgehead atoms. The van der Waals surface area contributed by atoms with Crippen LogP contribution in [0.3, 0.4) is 0 Å². The van der Waals surface area contributed by atoms with E-state index in [0.29, 0.717) is 11.5 Å². The van der Waals surface area contributed by atoms with Crippen LogP contribution in [-0.2, 0) is 42.7 Å². The molecular weight excluding hydrogens is 976 g/mol. The second-order valence-corrected chi connectivity index (χ2v) is 20.8. The minimum Gasteiger partial charge on any atom is -0.509 e. The predicted octanol–water partition coefficient (Wildman–Crippen LogP) is 15.4. The molecule has 0 spiro atoms. The van der Waals surface area contributed by atoms with Gasteiger partial charge in [0.15, 0.2) is 0 Å². The van der Waals surface area contributed by atoms with Crippen molar-refractivity contribution in [1.29, 1.82) is 0 Å². The van der Waals surface area contributed by atoms with E-state index in [2.05, 4.69) is 237 Å². The van der Waals surface area contributed by atoms with Crippen LogP contribution < -0.4 is 14.5 Å². The molecule has 0 N–H and O–H groups in total. The summed E-state index contributed by atoms with van der Waals surface area (Å²) in [6.07, 6.45) is 4.16. The molecule has 5 nitrogen and oxygen atoms in total. The van der Waals surface area contributed by atoms with Gasteiger partial charge in [0.05, 0.1) is 0 Å². The Morgan fingerprint density at radius 3 is 1.89 bits per heavy atom. The van der Waals surface area contributed by atoms with Gasteiger partial charge in [0.2, 0.25) is 0 Å². The van der Waals surface area contributed by atoms with Crippen LogP contribution in [0.2, 0.25) is 0 Å². The summed E-state index contributed by atoms with van der Waals surface area (Å²) >= 11 is 0. The first kappa shape index (κ1) is 45.7. The third kappa shape index (κ3) is 9.05. The first-order valence-electron chi connectivity index (χ1n) is 22.4. The summed E-state index contributed by atoms with van der Waals surface area (Å²) in [7, 11) is 0. The predicted molar refractivity (Wildman–Crippen MR) is 268 cm³/mol. The summed E-state index contributed by atoms with van der Waals surface area (Å²) in [5.41, 5.74) is 12.1. The third-order valence-electron chi connectivity index (χ3n) is 12.7. The molecule has 0 amide bonds. The van der Waals surface area contributed by atoms with Crippen LogP contribution in [0.5, 0.6) is 11.5 Å². The van der Waals surface area contributed by atoms with Crippen LogP contribution in [0.4, 0.5) is 11.4 Å². The maximum Gasteiger partial charge on any atom is 0.135 e. The number of nitrogens with zero attached hydrogens (tertiary/aromatic N) is 4. The molecule has 0 unspecified atom stereocenters. The fraction of sp³-hybridized carbons (Fsp3) is 0.254. The minimum atomic E-state index is -0.344. The van der Waals surface area contributed by atoms with Crippen molar-refractivity contribution >= 4 is 33.2 Å². The van der Waals surface area contributed by atoms with Crippen LogP contribution in [-0.4, -0.2) is 9.55 Å². The zero-order valence-corrected chi connectivity index (χ0v) is 41.8. The summed E-state index contributed by atoms with van der Waals surface area (Å²) in [6.45, 7) is 27.1. The number of benzene rings is 6. The monoisotopic (exact) mass is 1030 g/mol. The number of ether oxygens (including phenoxy) is 1. The SMILES string of the molecule is CC(C)(C)c1cc(-c2ccccc2)cc(N2[CH-]N(c3[c-]c(Oc4[c-]c5c(cc4)c4cc(C(C)(C)C)ccc4n5-c4cc(C(C)(C)C)ccn4)ccc3)C=C2C(C)(C)c2ccccc2)c1.[Pt]. The van der Waals surface area contributed by atoms with Gasteiger partial charge in [-0.1, -0.05) is 161 Å². The van der Waals surface area contributed by atoms with Gasteiger partial charge in [-0.2, -0.15) is 12.1 Å². The third-order valence-corrected chi connectivity index (χ3v) is 12.7. The van der Waals surface area contributed by atoms with Crippen LogP contribution in [0.15, 0.2) is 158 Å². The Labute approximate surface area is 401 Å². The molecule has 2 aromatic heterocycles. The number of anilines is 2. The maximum absolute atomic E-state index is 6.70. The molecule has 0 saturated heterocycles. The Morgan fingerprint density at radius 2 is 1.20 bits per heavy atom. The molecule has 1 aliphatic heterocycles. The van der Waals surface area contributed by atoms with Crippen LogP contribution in [0.25, 0.3) is 38.8 Å². The number of hydrogen-bond donors (Lipinski definition) is 0. The fourth-order valence-corrected chi connectivity index (χ4v) is 8.66. The number of pyridine rings is 1. The first-order valence-corrected chi connectivity index (χ1v) is 22.4. The van der Waals surface area contributed by atoms with Gasteiger partial charge < -0.3 is 19.1 Å². The molecule has 0 atom stereocenters. The summed E-state index contributed by atoms with van der Waals surface area (Å²) in [5.74, 6) is 2.06. The molecule has 0 radical (unpaired) electrons. The summed E-state index contributed by atoms with van der Waals surface area (Å²) in [4.78, 5) is 9.44. The first-order chi connectivity index (χ1) is 30.3. The van der Waals surface area contributed by atoms with E-state index in [1.54, 1.807) is 0 Å². The summed E-state index contributed by atoms with van der Waals surface area (Å²) < 4.78 is 8.93.